The van der Waals surface area contributed by atoms with Crippen molar-refractivity contribution in [3.8, 4) is 0 Å². The van der Waals surface area contributed by atoms with Gasteiger partial charge in [-0.15, -0.1) is 11.8 Å². The number of hydrogen-bond donors (Lipinski definition) is 10. The van der Waals surface area contributed by atoms with Gasteiger partial charge in [-0.1, -0.05) is 0 Å². The van der Waals surface area contributed by atoms with Crippen LogP contribution in [0.25, 0.3) is 11.2 Å². The number of fused-ring (bicyclic) bond motifs is 1. The van der Waals surface area contributed by atoms with Gasteiger partial charge in [-0.3, -0.25) is 23.4 Å². The van der Waals surface area contributed by atoms with E-state index in [-0.39, 0.29) is 17.1 Å². The second kappa shape index (κ2) is 11.4. The van der Waals surface area contributed by atoms with E-state index in [9.17, 15) is 54.4 Å². The van der Waals surface area contributed by atoms with Gasteiger partial charge in [0.2, 0.25) is 5.95 Å². The van der Waals surface area contributed by atoms with Gasteiger partial charge in [0.05, 0.1) is 30.9 Å². The molecule has 0 bridgehead atoms. The molecule has 11 atom stereocenters. The highest BCUT2D eigenvalue weighted by atomic mass is 32.2. The molecule has 2 aromatic rings. The lowest BCUT2D eigenvalue weighted by Crippen LogP contribution is -2.54. The minimum Gasteiger partial charge on any atom is -0.395 e. The van der Waals surface area contributed by atoms with Gasteiger partial charge in [0, 0.05) is 0 Å². The maximum atomic E-state index is 12.3. The standard InChI is InChI=1S/C16H25N5O15P2S/c17-16-19-12-6(13(28)20-16)18-3-21(12)14-10(26)7(23)4(34-14)2-33-37(29,30)36-38(31,32)35-15-11(27)9(25)8(24)5(1-22)39-15/h3-5,7-11,14-15,22-27H,1-2H2,(H,29,30)(H,31,32)(H3,17,19,20,28)/t4-,5-,7-,8-,9+,10-,11+,14-,15+/m1/s1. The number of anilines is 1. The SMILES string of the molecule is Nc1nc2c(ncn2[C@@H]2O[C@H](COP(=O)(O)OP(=O)(O)O[C@H]3S[C@H](CO)[C@@H](O)[C@H](O)[C@@H]3O)[C@@H](O)[C@H]2O)c(=O)[nH]1. The van der Waals surface area contributed by atoms with Crippen molar-refractivity contribution >= 4 is 44.5 Å². The summed E-state index contributed by atoms with van der Waals surface area (Å²) in [6.07, 6.45) is -10.7. The third kappa shape index (κ3) is 6.38. The Bertz CT molecular complexity index is 1340. The Morgan fingerprint density at radius 2 is 1.77 bits per heavy atom. The highest BCUT2D eigenvalue weighted by molar-refractivity contribution is 8.00. The monoisotopic (exact) mass is 621 g/mol. The third-order valence-corrected chi connectivity index (χ3v) is 9.94. The normalized spacial score (nSPS) is 36.6. The number of aliphatic hydroxyl groups excluding tert-OH is 6. The van der Waals surface area contributed by atoms with Gasteiger partial charge in [0.1, 0.15) is 36.0 Å². The van der Waals surface area contributed by atoms with E-state index in [1.807, 2.05) is 0 Å². The third-order valence-electron chi connectivity index (χ3n) is 5.76. The van der Waals surface area contributed by atoms with Crippen molar-refractivity contribution in [2.75, 3.05) is 18.9 Å². The van der Waals surface area contributed by atoms with Crippen LogP contribution >= 0.6 is 27.4 Å². The Kier molecular flexibility index (Phi) is 8.89. The molecule has 39 heavy (non-hydrogen) atoms. The van der Waals surface area contributed by atoms with Crippen LogP contribution in [0.1, 0.15) is 6.23 Å². The van der Waals surface area contributed by atoms with E-state index in [4.69, 9.17) is 10.5 Å². The highest BCUT2D eigenvalue weighted by Gasteiger charge is 2.49. The number of ether oxygens (including phenoxy) is 1. The van der Waals surface area contributed by atoms with Crippen LogP contribution in [0.15, 0.2) is 11.1 Å². The number of aromatic amines is 1. The number of aromatic nitrogens is 4. The molecule has 2 fully saturated rings. The van der Waals surface area contributed by atoms with Gasteiger partial charge in [-0.2, -0.15) is 9.29 Å². The number of phosphoric ester groups is 2. The summed E-state index contributed by atoms with van der Waals surface area (Å²) in [6.45, 7) is -1.68. The number of hydrogen-bond acceptors (Lipinski definition) is 17. The van der Waals surface area contributed by atoms with Crippen LogP contribution < -0.4 is 11.3 Å². The topological polar surface area (TPSA) is 322 Å². The number of aliphatic hydroxyl groups is 6. The van der Waals surface area contributed by atoms with Crippen LogP contribution in [-0.2, 0) is 27.2 Å². The fourth-order valence-corrected chi connectivity index (χ4v) is 7.56. The summed E-state index contributed by atoms with van der Waals surface area (Å²) < 4.78 is 44.6. The molecule has 0 amide bonds. The van der Waals surface area contributed by atoms with Gasteiger partial charge in [0.15, 0.2) is 17.4 Å². The summed E-state index contributed by atoms with van der Waals surface area (Å²) in [5.74, 6) is -0.270. The molecule has 2 aliphatic heterocycles. The predicted octanol–water partition coefficient (Wildman–Crippen LogP) is -3.91. The second-order valence-corrected chi connectivity index (χ2v) is 12.8. The van der Waals surface area contributed by atoms with Crippen molar-refractivity contribution in [2.45, 2.75) is 53.5 Å². The van der Waals surface area contributed by atoms with E-state index in [1.165, 1.54) is 0 Å². The van der Waals surface area contributed by atoms with Crippen molar-refractivity contribution in [3.05, 3.63) is 16.7 Å². The first kappa shape index (κ1) is 30.4. The van der Waals surface area contributed by atoms with Gasteiger partial charge in [-0.05, 0) is 0 Å². The summed E-state index contributed by atoms with van der Waals surface area (Å²) in [5.41, 5.74) is 2.81. The Balaban J connectivity index is 1.39. The second-order valence-electron chi connectivity index (χ2n) is 8.44. The molecule has 0 radical (unpaired) electrons. The zero-order chi connectivity index (χ0) is 28.9. The number of H-pyrrole nitrogens is 1. The lowest BCUT2D eigenvalue weighted by atomic mass is 10.0. The van der Waals surface area contributed by atoms with Gasteiger partial charge >= 0.3 is 15.6 Å². The number of nitrogen functional groups attached to an aromatic ring is 1. The Morgan fingerprint density at radius 1 is 1.08 bits per heavy atom. The average molecular weight is 621 g/mol. The highest BCUT2D eigenvalue weighted by Crippen LogP contribution is 2.62. The van der Waals surface area contributed by atoms with Crippen LogP contribution in [0, 0.1) is 0 Å². The molecular weight excluding hydrogens is 596 g/mol. The fraction of sp³-hybridized carbons (Fsp3) is 0.688. The smallest absolute Gasteiger partial charge is 0.395 e. The number of imidazole rings is 1. The molecule has 23 heteroatoms. The van der Waals surface area contributed by atoms with E-state index in [0.717, 1.165) is 10.9 Å². The first-order valence-corrected chi connectivity index (χ1v) is 14.8. The molecule has 0 aromatic carbocycles. The quantitative estimate of drug-likeness (QED) is 0.120. The molecule has 4 rings (SSSR count). The Hall–Kier alpha value is -1.52. The van der Waals surface area contributed by atoms with Crippen LogP contribution in [0.5, 0.6) is 0 Å². The number of rotatable bonds is 9. The lowest BCUT2D eigenvalue weighted by Gasteiger charge is -2.39. The van der Waals surface area contributed by atoms with E-state index < -0.39 is 88.0 Å². The van der Waals surface area contributed by atoms with Crippen molar-refractivity contribution < 1.29 is 67.7 Å². The Labute approximate surface area is 221 Å². The fourth-order valence-electron chi connectivity index (χ4n) is 3.85. The molecule has 220 valence electrons. The molecule has 4 heterocycles. The van der Waals surface area contributed by atoms with Gasteiger partial charge in [-0.25, -0.2) is 14.1 Å². The number of nitrogens with one attached hydrogen (secondary N) is 1. The molecule has 20 nitrogen and oxygen atoms in total. The molecule has 0 spiro atoms. The molecule has 2 saturated heterocycles. The summed E-state index contributed by atoms with van der Waals surface area (Å²) in [5, 5.41) is 58.5. The summed E-state index contributed by atoms with van der Waals surface area (Å²) in [7, 11) is -10.9. The number of thioether (sulfide) groups is 1. The van der Waals surface area contributed by atoms with E-state index in [0.29, 0.717) is 11.8 Å². The van der Waals surface area contributed by atoms with Crippen molar-refractivity contribution in [2.24, 2.45) is 0 Å². The average Bonchev–Trinajstić information content (AvgIpc) is 3.38. The van der Waals surface area contributed by atoms with Gasteiger partial charge in [0.25, 0.3) is 5.56 Å². The Morgan fingerprint density at radius 3 is 2.44 bits per heavy atom. The van der Waals surface area contributed by atoms with E-state index in [2.05, 4.69) is 28.3 Å². The lowest BCUT2D eigenvalue weighted by molar-refractivity contribution is -0.0939. The molecule has 2 aromatic heterocycles. The molecule has 2 aliphatic rings. The molecule has 11 N–H and O–H groups in total. The predicted molar refractivity (Wildman–Crippen MR) is 127 cm³/mol. The number of nitrogens with zero attached hydrogens (tertiary/aromatic N) is 3. The van der Waals surface area contributed by atoms with Crippen LogP contribution in [0.3, 0.4) is 0 Å². The molecular formula is C16H25N5O15P2S. The zero-order valence-electron chi connectivity index (χ0n) is 19.3. The van der Waals surface area contributed by atoms with Crippen molar-refractivity contribution in [1.82, 2.24) is 19.5 Å². The van der Waals surface area contributed by atoms with Crippen molar-refractivity contribution in [3.63, 3.8) is 0 Å². The minimum absolute atomic E-state index is 0.104. The largest absolute Gasteiger partial charge is 0.482 e. The molecule has 2 unspecified atom stereocenters. The van der Waals surface area contributed by atoms with Crippen molar-refractivity contribution in [1.29, 1.82) is 0 Å². The maximum absolute atomic E-state index is 12.3. The van der Waals surface area contributed by atoms with Crippen LogP contribution in [0.4, 0.5) is 5.95 Å². The molecule has 0 aliphatic carbocycles. The first-order chi connectivity index (χ1) is 18.1. The van der Waals surface area contributed by atoms with Crippen LogP contribution in [0.2, 0.25) is 0 Å². The summed E-state index contributed by atoms with van der Waals surface area (Å²) in [4.78, 5) is 41.8. The zero-order valence-corrected chi connectivity index (χ0v) is 22.0. The molecule has 0 saturated carbocycles. The summed E-state index contributed by atoms with van der Waals surface area (Å²) in [6, 6.07) is 0. The van der Waals surface area contributed by atoms with Gasteiger partial charge < -0.3 is 50.9 Å². The maximum Gasteiger partial charge on any atom is 0.482 e. The van der Waals surface area contributed by atoms with Crippen LogP contribution in [-0.4, -0.2) is 120 Å². The first-order valence-electron chi connectivity index (χ1n) is 10.9. The number of phosphoric acid groups is 2. The van der Waals surface area contributed by atoms with E-state index in [1.54, 1.807) is 0 Å². The van der Waals surface area contributed by atoms with E-state index >= 15 is 0 Å². The summed E-state index contributed by atoms with van der Waals surface area (Å²) >= 11 is 0.461. The minimum atomic E-state index is -5.49. The number of nitrogens with two attached hydrogens (primary N) is 1.